The second kappa shape index (κ2) is 4.82. The third-order valence-electron chi connectivity index (χ3n) is 2.48. The monoisotopic (exact) mass is 261 g/mol. The molecule has 1 unspecified atom stereocenters. The molecule has 1 atom stereocenters. The summed E-state index contributed by atoms with van der Waals surface area (Å²) in [6, 6.07) is 5.17. The van der Waals surface area contributed by atoms with Gasteiger partial charge in [-0.2, -0.15) is 5.26 Å². The van der Waals surface area contributed by atoms with E-state index < -0.39 is 29.2 Å². The van der Waals surface area contributed by atoms with Crippen molar-refractivity contribution in [1.82, 2.24) is 0 Å². The summed E-state index contributed by atoms with van der Waals surface area (Å²) in [6.45, 7) is 0. The second-order valence-corrected chi connectivity index (χ2v) is 3.76. The molecule has 2 N–H and O–H groups in total. The van der Waals surface area contributed by atoms with Gasteiger partial charge in [0.15, 0.2) is 23.1 Å². The van der Waals surface area contributed by atoms with Crippen molar-refractivity contribution in [2.45, 2.75) is 6.10 Å². The van der Waals surface area contributed by atoms with Crippen LogP contribution in [-0.4, -0.2) is 22.1 Å². The minimum Gasteiger partial charge on any atom is -0.505 e. The fourth-order valence-corrected chi connectivity index (χ4v) is 1.51. The van der Waals surface area contributed by atoms with Gasteiger partial charge in [-0.25, -0.2) is 4.39 Å². The maximum absolute atomic E-state index is 13.6. The van der Waals surface area contributed by atoms with Crippen LogP contribution in [0.3, 0.4) is 0 Å². The van der Waals surface area contributed by atoms with Gasteiger partial charge in [0.2, 0.25) is 11.9 Å². The molecular formula is C13H8FNO4. The summed E-state index contributed by atoms with van der Waals surface area (Å²) >= 11 is 0. The van der Waals surface area contributed by atoms with Gasteiger partial charge in [0.25, 0.3) is 0 Å². The van der Waals surface area contributed by atoms with E-state index in [0.717, 1.165) is 18.2 Å². The first-order valence-electron chi connectivity index (χ1n) is 5.23. The largest absolute Gasteiger partial charge is 0.505 e. The highest BCUT2D eigenvalue weighted by Gasteiger charge is 2.29. The first kappa shape index (κ1) is 12.6. The van der Waals surface area contributed by atoms with Gasteiger partial charge in [0.1, 0.15) is 0 Å². The Morgan fingerprint density at radius 3 is 2.68 bits per heavy atom. The zero-order chi connectivity index (χ0) is 14.0. The first-order chi connectivity index (χ1) is 9.02. The Hall–Kier alpha value is -2.81. The van der Waals surface area contributed by atoms with Crippen LogP contribution >= 0.6 is 0 Å². The van der Waals surface area contributed by atoms with Crippen LogP contribution in [0.2, 0.25) is 0 Å². The number of nitriles is 1. The molecule has 0 bridgehead atoms. The van der Waals surface area contributed by atoms with Crippen LogP contribution in [0.25, 0.3) is 0 Å². The van der Waals surface area contributed by atoms with Crippen molar-refractivity contribution in [2.75, 3.05) is 0 Å². The van der Waals surface area contributed by atoms with Crippen molar-refractivity contribution in [3.05, 3.63) is 53.3 Å². The Bertz CT molecular complexity index is 643. The lowest BCUT2D eigenvalue weighted by molar-refractivity contribution is -0.121. The van der Waals surface area contributed by atoms with Crippen molar-refractivity contribution in [3.8, 4) is 11.8 Å². The Balaban J connectivity index is 2.29. The number of aliphatic hydroxyl groups is 2. The number of halogens is 1. The molecule has 1 aliphatic carbocycles. The van der Waals surface area contributed by atoms with Crippen LogP contribution in [0.4, 0.5) is 4.39 Å². The third-order valence-corrected chi connectivity index (χ3v) is 2.48. The van der Waals surface area contributed by atoms with Gasteiger partial charge in [0.05, 0.1) is 11.6 Å². The number of allylic oxidation sites excluding steroid dienone is 1. The summed E-state index contributed by atoms with van der Waals surface area (Å²) in [5.74, 6) is -2.96. The Morgan fingerprint density at radius 1 is 1.32 bits per heavy atom. The van der Waals surface area contributed by atoms with Crippen LogP contribution in [0.1, 0.15) is 5.56 Å². The summed E-state index contributed by atoms with van der Waals surface area (Å²) in [5.41, 5.74) is 0.0994. The number of ether oxygens (including phenoxy) is 1. The maximum atomic E-state index is 13.6. The summed E-state index contributed by atoms with van der Waals surface area (Å²) in [4.78, 5) is 11.5. The van der Waals surface area contributed by atoms with Crippen molar-refractivity contribution in [1.29, 1.82) is 5.26 Å². The maximum Gasteiger partial charge on any atom is 0.221 e. The molecule has 6 heteroatoms. The lowest BCUT2D eigenvalue weighted by atomic mass is 10.1. The van der Waals surface area contributed by atoms with Crippen LogP contribution in [0.15, 0.2) is 41.9 Å². The van der Waals surface area contributed by atoms with E-state index in [4.69, 9.17) is 10.00 Å². The number of hydrogen-bond acceptors (Lipinski definition) is 5. The molecule has 0 radical (unpaired) electrons. The van der Waals surface area contributed by atoms with Crippen LogP contribution in [-0.2, 0) is 4.79 Å². The van der Waals surface area contributed by atoms with E-state index in [1.54, 1.807) is 6.07 Å². The van der Waals surface area contributed by atoms with Crippen LogP contribution in [0.5, 0.6) is 5.75 Å². The molecule has 0 amide bonds. The average Bonchev–Trinajstić information content (AvgIpc) is 2.40. The number of carbonyl (C=O) groups is 1. The van der Waals surface area contributed by atoms with E-state index in [9.17, 15) is 19.4 Å². The van der Waals surface area contributed by atoms with Gasteiger partial charge in [-0.1, -0.05) is 0 Å². The number of benzene rings is 1. The molecule has 96 valence electrons. The van der Waals surface area contributed by atoms with Crippen molar-refractivity contribution < 1.29 is 24.1 Å². The standard InChI is InChI=1S/C13H8FNO4/c14-8-5-7(6-15)1-4-11(8)19-13-10(17)3-2-9(16)12(13)18/h1-5,13,16,18H. The Kier molecular flexibility index (Phi) is 3.21. The molecule has 0 saturated heterocycles. The molecule has 0 saturated carbocycles. The van der Waals surface area contributed by atoms with Crippen LogP contribution in [0, 0.1) is 17.1 Å². The van der Waals surface area contributed by atoms with Gasteiger partial charge >= 0.3 is 0 Å². The smallest absolute Gasteiger partial charge is 0.221 e. The SMILES string of the molecule is N#Cc1ccc(OC2C(=O)C=CC(O)=C2O)c(F)c1. The van der Waals surface area contributed by atoms with Gasteiger partial charge in [0, 0.05) is 0 Å². The molecule has 1 aromatic rings. The summed E-state index contributed by atoms with van der Waals surface area (Å²) in [7, 11) is 0. The van der Waals surface area contributed by atoms with E-state index in [-0.39, 0.29) is 11.3 Å². The van der Waals surface area contributed by atoms with E-state index in [0.29, 0.717) is 0 Å². The van der Waals surface area contributed by atoms with Crippen molar-refractivity contribution >= 4 is 5.78 Å². The van der Waals surface area contributed by atoms with Gasteiger partial charge in [-0.05, 0) is 30.4 Å². The average molecular weight is 261 g/mol. The summed E-state index contributed by atoms with van der Waals surface area (Å²) in [6.07, 6.45) is 0.543. The predicted octanol–water partition coefficient (Wildman–Crippen LogP) is 1.91. The van der Waals surface area contributed by atoms with E-state index in [1.807, 2.05) is 0 Å². The van der Waals surface area contributed by atoms with Crippen molar-refractivity contribution in [2.24, 2.45) is 0 Å². The number of hydrogen-bond donors (Lipinski definition) is 2. The number of nitrogens with zero attached hydrogens (tertiary/aromatic N) is 1. The number of carbonyl (C=O) groups excluding carboxylic acids is 1. The van der Waals surface area contributed by atoms with Gasteiger partial charge in [-0.15, -0.1) is 0 Å². The van der Waals surface area contributed by atoms with Crippen molar-refractivity contribution in [3.63, 3.8) is 0 Å². The summed E-state index contributed by atoms with van der Waals surface area (Å²) in [5, 5.41) is 27.4. The molecule has 1 aromatic carbocycles. The minimum absolute atomic E-state index is 0.0994. The number of ketones is 1. The highest BCUT2D eigenvalue weighted by Crippen LogP contribution is 2.23. The molecule has 0 aliphatic heterocycles. The zero-order valence-corrected chi connectivity index (χ0v) is 9.50. The normalized spacial score (nSPS) is 18.3. The number of aliphatic hydroxyl groups excluding tert-OH is 2. The molecule has 19 heavy (non-hydrogen) atoms. The molecular weight excluding hydrogens is 253 g/mol. The quantitative estimate of drug-likeness (QED) is 0.848. The molecule has 2 rings (SSSR count). The molecule has 0 aromatic heterocycles. The zero-order valence-electron chi connectivity index (χ0n) is 9.50. The van der Waals surface area contributed by atoms with Gasteiger partial charge in [-0.3, -0.25) is 4.79 Å². The van der Waals surface area contributed by atoms with Crippen LogP contribution < -0.4 is 4.74 Å². The first-order valence-corrected chi connectivity index (χ1v) is 5.23. The Labute approximate surface area is 107 Å². The molecule has 0 heterocycles. The molecule has 1 aliphatic rings. The van der Waals surface area contributed by atoms with E-state index >= 15 is 0 Å². The topological polar surface area (TPSA) is 90.5 Å². The lowest BCUT2D eigenvalue weighted by Crippen LogP contribution is -2.31. The predicted molar refractivity (Wildman–Crippen MR) is 62.0 cm³/mol. The lowest BCUT2D eigenvalue weighted by Gasteiger charge is -2.19. The highest BCUT2D eigenvalue weighted by molar-refractivity contribution is 5.97. The fourth-order valence-electron chi connectivity index (χ4n) is 1.51. The number of rotatable bonds is 2. The highest BCUT2D eigenvalue weighted by atomic mass is 19.1. The third kappa shape index (κ3) is 2.40. The summed E-state index contributed by atoms with van der Waals surface area (Å²) < 4.78 is 18.6. The second-order valence-electron chi connectivity index (χ2n) is 3.76. The van der Waals surface area contributed by atoms with E-state index in [1.165, 1.54) is 12.1 Å². The minimum atomic E-state index is -1.49. The molecule has 0 spiro atoms. The van der Waals surface area contributed by atoms with E-state index in [2.05, 4.69) is 0 Å². The molecule has 5 nitrogen and oxygen atoms in total. The van der Waals surface area contributed by atoms with Gasteiger partial charge < -0.3 is 14.9 Å². The molecule has 0 fully saturated rings. The fraction of sp³-hybridized carbons (Fsp3) is 0.0769. The Morgan fingerprint density at radius 2 is 2.05 bits per heavy atom.